The minimum Gasteiger partial charge on any atom is -0.375 e. The van der Waals surface area contributed by atoms with E-state index in [-0.39, 0.29) is 5.60 Å². The lowest BCUT2D eigenvalue weighted by Crippen LogP contribution is -2.57. The van der Waals surface area contributed by atoms with Crippen LogP contribution in [0.25, 0.3) is 0 Å². The van der Waals surface area contributed by atoms with Crippen molar-refractivity contribution in [2.75, 3.05) is 37.7 Å². The third kappa shape index (κ3) is 2.87. The Morgan fingerprint density at radius 3 is 2.94 bits per heavy atom. The average molecular weight is 270 g/mol. The molecule has 3 saturated heterocycles. The van der Waals surface area contributed by atoms with E-state index < -0.39 is 0 Å². The molecule has 3 rings (SSSR count). The van der Waals surface area contributed by atoms with Gasteiger partial charge in [-0.05, 0) is 44.1 Å². The number of rotatable bonds is 1. The molecule has 0 aromatic carbocycles. The summed E-state index contributed by atoms with van der Waals surface area (Å²) in [5.74, 6) is 2.59. The molecule has 0 bridgehead atoms. The molecular weight excluding hydrogens is 244 g/mol. The Hall–Kier alpha value is 0.230. The second kappa shape index (κ2) is 5.70. The highest BCUT2D eigenvalue weighted by Gasteiger charge is 2.40. The summed E-state index contributed by atoms with van der Waals surface area (Å²) < 4.78 is 6.20. The summed E-state index contributed by atoms with van der Waals surface area (Å²) in [7, 11) is 0. The van der Waals surface area contributed by atoms with Crippen LogP contribution in [-0.4, -0.2) is 60.3 Å². The smallest absolute Gasteiger partial charge is 0.0713 e. The fourth-order valence-corrected chi connectivity index (χ4v) is 4.94. The maximum atomic E-state index is 6.20. The number of ether oxygens (including phenoxy) is 1. The first-order valence-electron chi connectivity index (χ1n) is 7.47. The highest BCUT2D eigenvalue weighted by Crippen LogP contribution is 2.38. The molecule has 0 saturated carbocycles. The first kappa shape index (κ1) is 13.2. The van der Waals surface area contributed by atoms with Crippen molar-refractivity contribution in [2.45, 2.75) is 50.3 Å². The van der Waals surface area contributed by atoms with Gasteiger partial charge in [-0.2, -0.15) is 11.8 Å². The number of nitrogens with zero attached hydrogens (tertiary/aromatic N) is 1. The van der Waals surface area contributed by atoms with Crippen LogP contribution in [0.5, 0.6) is 0 Å². The molecule has 0 aromatic rings. The number of piperazine rings is 1. The second-order valence-corrected chi connectivity index (χ2v) is 7.37. The first-order chi connectivity index (χ1) is 8.77. The van der Waals surface area contributed by atoms with Crippen LogP contribution in [0.4, 0.5) is 0 Å². The molecule has 3 heterocycles. The Labute approximate surface area is 115 Å². The molecule has 1 spiro atoms. The van der Waals surface area contributed by atoms with Crippen LogP contribution < -0.4 is 5.32 Å². The van der Waals surface area contributed by atoms with E-state index in [1.165, 1.54) is 50.3 Å². The number of nitrogens with one attached hydrogen (secondary N) is 1. The van der Waals surface area contributed by atoms with Crippen molar-refractivity contribution >= 4 is 11.8 Å². The summed E-state index contributed by atoms with van der Waals surface area (Å²) in [6, 6.07) is 1.42. The maximum Gasteiger partial charge on any atom is 0.0713 e. The zero-order valence-corrected chi connectivity index (χ0v) is 12.3. The van der Waals surface area contributed by atoms with Crippen LogP contribution in [0.3, 0.4) is 0 Å². The molecule has 0 aliphatic carbocycles. The van der Waals surface area contributed by atoms with Crippen LogP contribution in [0.15, 0.2) is 0 Å². The van der Waals surface area contributed by atoms with Crippen LogP contribution in [0.1, 0.15) is 32.6 Å². The molecule has 3 aliphatic rings. The highest BCUT2D eigenvalue weighted by atomic mass is 32.2. The second-order valence-electron chi connectivity index (χ2n) is 6.14. The van der Waals surface area contributed by atoms with Gasteiger partial charge in [-0.25, -0.2) is 0 Å². The zero-order valence-electron chi connectivity index (χ0n) is 11.5. The summed E-state index contributed by atoms with van der Waals surface area (Å²) >= 11 is 2.10. The van der Waals surface area contributed by atoms with Gasteiger partial charge in [0.1, 0.15) is 0 Å². The molecule has 1 unspecified atom stereocenters. The highest BCUT2D eigenvalue weighted by molar-refractivity contribution is 7.99. The zero-order chi connectivity index (χ0) is 12.4. The van der Waals surface area contributed by atoms with Crippen LogP contribution in [0.2, 0.25) is 0 Å². The Kier molecular flexibility index (Phi) is 4.18. The summed E-state index contributed by atoms with van der Waals surface area (Å²) in [5, 5.41) is 3.55. The van der Waals surface area contributed by atoms with Crippen molar-refractivity contribution in [3.63, 3.8) is 0 Å². The first-order valence-corrected chi connectivity index (χ1v) is 8.62. The molecule has 0 amide bonds. The van der Waals surface area contributed by atoms with E-state index in [9.17, 15) is 0 Å². The molecule has 0 aromatic heterocycles. The Balaban J connectivity index is 1.62. The van der Waals surface area contributed by atoms with Gasteiger partial charge in [-0.15, -0.1) is 0 Å². The van der Waals surface area contributed by atoms with Gasteiger partial charge >= 0.3 is 0 Å². The van der Waals surface area contributed by atoms with E-state index in [0.29, 0.717) is 6.04 Å². The predicted molar refractivity (Wildman–Crippen MR) is 77.3 cm³/mol. The lowest BCUT2D eigenvalue weighted by atomic mass is 9.84. The summed E-state index contributed by atoms with van der Waals surface area (Å²) in [5.41, 5.74) is 0.238. The minimum absolute atomic E-state index is 0.238. The van der Waals surface area contributed by atoms with Crippen molar-refractivity contribution in [3.05, 3.63) is 0 Å². The van der Waals surface area contributed by atoms with Gasteiger partial charge in [-0.1, -0.05) is 0 Å². The van der Waals surface area contributed by atoms with Crippen LogP contribution in [-0.2, 0) is 4.74 Å². The Morgan fingerprint density at radius 1 is 1.33 bits per heavy atom. The Morgan fingerprint density at radius 2 is 2.17 bits per heavy atom. The molecule has 4 heteroatoms. The van der Waals surface area contributed by atoms with E-state index in [1.54, 1.807) is 0 Å². The average Bonchev–Trinajstić information content (AvgIpc) is 2.40. The van der Waals surface area contributed by atoms with Gasteiger partial charge in [0.25, 0.3) is 0 Å². The Bertz CT molecular complexity index is 275. The van der Waals surface area contributed by atoms with E-state index >= 15 is 0 Å². The third-order valence-electron chi connectivity index (χ3n) is 4.79. The van der Waals surface area contributed by atoms with Crippen molar-refractivity contribution in [2.24, 2.45) is 0 Å². The molecule has 1 N–H and O–H groups in total. The molecule has 3 nitrogen and oxygen atoms in total. The quantitative estimate of drug-likeness (QED) is 0.784. The van der Waals surface area contributed by atoms with E-state index in [4.69, 9.17) is 4.74 Å². The van der Waals surface area contributed by atoms with E-state index in [1.807, 2.05) is 0 Å². The molecule has 0 radical (unpaired) electrons. The monoisotopic (exact) mass is 270 g/mol. The maximum absolute atomic E-state index is 6.20. The van der Waals surface area contributed by atoms with Crippen LogP contribution in [0, 0.1) is 0 Å². The lowest BCUT2D eigenvalue weighted by Gasteiger charge is -2.48. The van der Waals surface area contributed by atoms with E-state index in [0.717, 1.165) is 19.2 Å². The van der Waals surface area contributed by atoms with Gasteiger partial charge in [0.15, 0.2) is 0 Å². The van der Waals surface area contributed by atoms with Gasteiger partial charge in [0.2, 0.25) is 0 Å². The van der Waals surface area contributed by atoms with Gasteiger partial charge in [0.05, 0.1) is 5.60 Å². The van der Waals surface area contributed by atoms with Crippen molar-refractivity contribution in [1.82, 2.24) is 10.2 Å². The van der Waals surface area contributed by atoms with Crippen molar-refractivity contribution in [1.29, 1.82) is 0 Å². The fourth-order valence-electron chi connectivity index (χ4n) is 3.70. The van der Waals surface area contributed by atoms with Crippen LogP contribution >= 0.6 is 11.8 Å². The number of hydrogen-bond acceptors (Lipinski definition) is 4. The normalized spacial score (nSPS) is 37.8. The molecule has 3 fully saturated rings. The summed E-state index contributed by atoms with van der Waals surface area (Å²) in [6.07, 6.45) is 5.06. The standard InChI is InChI=1S/C14H26N2OS/c1-12-11-16(6-5-15-12)13-2-7-17-14(10-13)3-8-18-9-4-14/h12-13,15H,2-11H2,1H3/t12-,13?/m0/s1. The molecular formula is C14H26N2OS. The third-order valence-corrected chi connectivity index (χ3v) is 5.77. The summed E-state index contributed by atoms with van der Waals surface area (Å²) in [4.78, 5) is 2.72. The molecule has 3 aliphatic heterocycles. The number of hydrogen-bond donors (Lipinski definition) is 1. The molecule has 2 atom stereocenters. The minimum atomic E-state index is 0.238. The van der Waals surface area contributed by atoms with Gasteiger partial charge < -0.3 is 10.1 Å². The van der Waals surface area contributed by atoms with Crippen molar-refractivity contribution in [3.8, 4) is 0 Å². The van der Waals surface area contributed by atoms with Gasteiger partial charge in [-0.3, -0.25) is 4.90 Å². The largest absolute Gasteiger partial charge is 0.375 e. The van der Waals surface area contributed by atoms with Gasteiger partial charge in [0, 0.05) is 38.3 Å². The van der Waals surface area contributed by atoms with E-state index in [2.05, 4.69) is 28.9 Å². The lowest BCUT2D eigenvalue weighted by molar-refractivity contribution is -0.112. The topological polar surface area (TPSA) is 24.5 Å². The van der Waals surface area contributed by atoms with Crippen molar-refractivity contribution < 1.29 is 4.74 Å². The predicted octanol–water partition coefficient (Wildman–Crippen LogP) is 1.72. The SMILES string of the molecule is C[C@H]1CN(C2CCOC3(CCSCC3)C2)CCN1. The molecule has 104 valence electrons. The summed E-state index contributed by atoms with van der Waals surface area (Å²) in [6.45, 7) is 6.88. The number of thioether (sulfide) groups is 1. The fraction of sp³-hybridized carbons (Fsp3) is 1.00. The molecule has 18 heavy (non-hydrogen) atoms.